The fraction of sp³-hybridized carbons (Fsp3) is 0.438. The maximum absolute atomic E-state index is 12.2. The second kappa shape index (κ2) is 9.75. The number of hydrogen-bond acceptors (Lipinski definition) is 2. The van der Waals surface area contributed by atoms with Crippen LogP contribution >= 0.6 is 24.0 Å². The maximum Gasteiger partial charge on any atom is 0.422 e. The Labute approximate surface area is 156 Å². The molecule has 0 aromatic heterocycles. The number of ether oxygens (including phenoxy) is 1. The minimum Gasteiger partial charge on any atom is -0.484 e. The molecule has 24 heavy (non-hydrogen) atoms. The van der Waals surface area contributed by atoms with E-state index in [9.17, 15) is 13.2 Å². The van der Waals surface area contributed by atoms with Crippen LogP contribution in [0, 0.1) is 0 Å². The van der Waals surface area contributed by atoms with Crippen molar-refractivity contribution in [2.24, 2.45) is 4.99 Å². The van der Waals surface area contributed by atoms with E-state index in [0.717, 1.165) is 18.4 Å². The van der Waals surface area contributed by atoms with Gasteiger partial charge in [-0.3, -0.25) is 4.99 Å². The number of halogens is 4. The summed E-state index contributed by atoms with van der Waals surface area (Å²) in [6.45, 7) is -0.842. The third-order valence-electron chi connectivity index (χ3n) is 3.33. The predicted octanol–water partition coefficient (Wildman–Crippen LogP) is 3.63. The number of benzene rings is 1. The van der Waals surface area contributed by atoms with E-state index in [-0.39, 0.29) is 29.7 Å². The first kappa shape index (κ1) is 20.6. The Kier molecular flexibility index (Phi) is 8.37. The Bertz CT molecular complexity index is 568. The van der Waals surface area contributed by atoms with Gasteiger partial charge in [-0.2, -0.15) is 13.2 Å². The van der Waals surface area contributed by atoms with E-state index in [1.807, 2.05) is 6.07 Å². The largest absolute Gasteiger partial charge is 0.484 e. The van der Waals surface area contributed by atoms with Crippen LogP contribution < -0.4 is 15.4 Å². The molecule has 4 nitrogen and oxygen atoms in total. The summed E-state index contributed by atoms with van der Waals surface area (Å²) < 4.78 is 41.3. The Morgan fingerprint density at radius 1 is 1.29 bits per heavy atom. The average Bonchev–Trinajstić information content (AvgIpc) is 3.02. The molecular formula is C16H21F3IN3O. The van der Waals surface area contributed by atoms with Crippen molar-refractivity contribution in [1.82, 2.24) is 10.6 Å². The Balaban J connectivity index is 0.00000288. The fourth-order valence-corrected chi connectivity index (χ4v) is 2.22. The van der Waals surface area contributed by atoms with Crippen molar-refractivity contribution in [3.63, 3.8) is 0 Å². The highest BCUT2D eigenvalue weighted by atomic mass is 127. The van der Waals surface area contributed by atoms with Crippen LogP contribution in [0.5, 0.6) is 5.75 Å². The van der Waals surface area contributed by atoms with Gasteiger partial charge in [-0.25, -0.2) is 0 Å². The average molecular weight is 455 g/mol. The molecule has 1 aliphatic carbocycles. The van der Waals surface area contributed by atoms with Crippen LogP contribution in [0.25, 0.3) is 0 Å². The maximum atomic E-state index is 12.2. The molecule has 1 aromatic carbocycles. The number of rotatable bonds is 5. The summed E-state index contributed by atoms with van der Waals surface area (Å²) >= 11 is 0. The number of nitrogens with one attached hydrogen (secondary N) is 2. The molecule has 0 radical (unpaired) electrons. The zero-order chi connectivity index (χ0) is 16.7. The van der Waals surface area contributed by atoms with E-state index in [2.05, 4.69) is 27.8 Å². The molecule has 0 saturated carbocycles. The zero-order valence-corrected chi connectivity index (χ0v) is 15.6. The monoisotopic (exact) mass is 455 g/mol. The Hall–Kier alpha value is -1.45. The smallest absolute Gasteiger partial charge is 0.422 e. The van der Waals surface area contributed by atoms with Crippen molar-refractivity contribution in [2.45, 2.75) is 31.6 Å². The van der Waals surface area contributed by atoms with Crippen LogP contribution in [-0.4, -0.2) is 31.8 Å². The predicted molar refractivity (Wildman–Crippen MR) is 98.9 cm³/mol. The van der Waals surface area contributed by atoms with Gasteiger partial charge < -0.3 is 15.4 Å². The first-order valence-corrected chi connectivity index (χ1v) is 7.37. The number of hydrogen-bond donors (Lipinski definition) is 2. The lowest BCUT2D eigenvalue weighted by molar-refractivity contribution is -0.153. The summed E-state index contributed by atoms with van der Waals surface area (Å²) in [7, 11) is 1.68. The fourth-order valence-electron chi connectivity index (χ4n) is 2.22. The van der Waals surface area contributed by atoms with E-state index >= 15 is 0 Å². The second-order valence-electron chi connectivity index (χ2n) is 5.26. The third-order valence-corrected chi connectivity index (χ3v) is 3.33. The number of aliphatic imine (C=N–C) groups is 1. The lowest BCUT2D eigenvalue weighted by atomic mass is 10.2. The van der Waals surface area contributed by atoms with Crippen molar-refractivity contribution in [1.29, 1.82) is 0 Å². The van der Waals surface area contributed by atoms with Gasteiger partial charge in [-0.05, 0) is 30.5 Å². The molecule has 0 atom stereocenters. The number of alkyl halides is 3. The van der Waals surface area contributed by atoms with Crippen LogP contribution in [0.2, 0.25) is 0 Å². The minimum atomic E-state index is -4.34. The van der Waals surface area contributed by atoms with Crippen LogP contribution in [-0.2, 0) is 6.54 Å². The molecule has 0 amide bonds. The van der Waals surface area contributed by atoms with Gasteiger partial charge in [-0.15, -0.1) is 24.0 Å². The number of nitrogens with zero attached hydrogens (tertiary/aromatic N) is 1. The molecule has 2 rings (SSSR count). The molecule has 0 saturated heterocycles. The molecule has 0 aliphatic heterocycles. The summed E-state index contributed by atoms with van der Waals surface area (Å²) in [6, 6.07) is 6.91. The van der Waals surface area contributed by atoms with Gasteiger partial charge in [0.05, 0.1) is 0 Å². The van der Waals surface area contributed by atoms with Gasteiger partial charge in [0.25, 0.3) is 0 Å². The van der Waals surface area contributed by atoms with Crippen LogP contribution in [0.1, 0.15) is 18.4 Å². The standard InChI is InChI=1S/C16H20F3N3O.HI/c1-20-15(22-13-6-2-3-7-13)21-10-12-5-4-8-14(9-12)23-11-16(17,18)19;/h2-5,8-9,13H,6-7,10-11H2,1H3,(H2,20,21,22);1H. The van der Waals surface area contributed by atoms with Gasteiger partial charge in [-0.1, -0.05) is 24.3 Å². The van der Waals surface area contributed by atoms with Crippen molar-refractivity contribution in [3.05, 3.63) is 42.0 Å². The van der Waals surface area contributed by atoms with Crippen molar-refractivity contribution in [3.8, 4) is 5.75 Å². The Morgan fingerprint density at radius 2 is 2.00 bits per heavy atom. The van der Waals surface area contributed by atoms with Crippen LogP contribution in [0.15, 0.2) is 41.4 Å². The van der Waals surface area contributed by atoms with Crippen LogP contribution in [0.4, 0.5) is 13.2 Å². The van der Waals surface area contributed by atoms with Crippen LogP contribution in [0.3, 0.4) is 0 Å². The van der Waals surface area contributed by atoms with E-state index in [4.69, 9.17) is 4.74 Å². The van der Waals surface area contributed by atoms with Gasteiger partial charge in [0, 0.05) is 19.6 Å². The molecule has 1 aromatic rings. The lowest BCUT2D eigenvalue weighted by Crippen LogP contribution is -2.42. The van der Waals surface area contributed by atoms with Gasteiger partial charge >= 0.3 is 6.18 Å². The molecule has 0 fully saturated rings. The SMILES string of the molecule is CN=C(NCc1cccc(OCC(F)(F)F)c1)NC1CC=CC1.I. The van der Waals surface area contributed by atoms with Gasteiger partial charge in [0.2, 0.25) is 0 Å². The Morgan fingerprint density at radius 3 is 2.62 bits per heavy atom. The highest BCUT2D eigenvalue weighted by Gasteiger charge is 2.28. The molecule has 8 heteroatoms. The minimum absolute atomic E-state index is 0. The molecule has 0 unspecified atom stereocenters. The van der Waals surface area contributed by atoms with Gasteiger partial charge in [0.15, 0.2) is 12.6 Å². The summed E-state index contributed by atoms with van der Waals surface area (Å²) in [5.74, 6) is 0.866. The molecule has 0 spiro atoms. The first-order chi connectivity index (χ1) is 11.0. The summed E-state index contributed by atoms with van der Waals surface area (Å²) in [5.41, 5.74) is 0.817. The summed E-state index contributed by atoms with van der Waals surface area (Å²) in [5, 5.41) is 6.44. The number of guanidine groups is 1. The molecule has 1 aliphatic rings. The van der Waals surface area contributed by atoms with Crippen molar-refractivity contribution < 1.29 is 17.9 Å². The third kappa shape index (κ3) is 7.41. The molecular weight excluding hydrogens is 434 g/mol. The first-order valence-electron chi connectivity index (χ1n) is 7.37. The second-order valence-corrected chi connectivity index (χ2v) is 5.26. The summed E-state index contributed by atoms with van der Waals surface area (Å²) in [6.07, 6.45) is 1.82. The zero-order valence-electron chi connectivity index (χ0n) is 13.3. The van der Waals surface area contributed by atoms with Crippen molar-refractivity contribution >= 4 is 29.9 Å². The molecule has 0 bridgehead atoms. The molecule has 2 N–H and O–H groups in total. The lowest BCUT2D eigenvalue weighted by Gasteiger charge is -2.17. The van der Waals surface area contributed by atoms with Crippen molar-refractivity contribution in [2.75, 3.05) is 13.7 Å². The van der Waals surface area contributed by atoms with E-state index < -0.39 is 12.8 Å². The van der Waals surface area contributed by atoms with E-state index in [0.29, 0.717) is 18.5 Å². The summed E-state index contributed by atoms with van der Waals surface area (Å²) in [4.78, 5) is 4.14. The highest BCUT2D eigenvalue weighted by molar-refractivity contribution is 14.0. The molecule has 134 valence electrons. The molecule has 0 heterocycles. The topological polar surface area (TPSA) is 45.7 Å². The quantitative estimate of drug-likeness (QED) is 0.309. The normalized spacial score (nSPS) is 15.1. The van der Waals surface area contributed by atoms with Gasteiger partial charge in [0.1, 0.15) is 5.75 Å². The van der Waals surface area contributed by atoms with E-state index in [1.54, 1.807) is 19.2 Å². The highest BCUT2D eigenvalue weighted by Crippen LogP contribution is 2.19. The van der Waals surface area contributed by atoms with E-state index in [1.165, 1.54) is 6.07 Å².